The Morgan fingerprint density at radius 3 is 2.55 bits per heavy atom. The Morgan fingerprint density at radius 1 is 1.15 bits per heavy atom. The Balaban J connectivity index is 2.28. The Kier molecular flexibility index (Phi) is 5.03. The van der Waals surface area contributed by atoms with E-state index in [0.29, 0.717) is 27.6 Å². The molecule has 0 spiro atoms. The first-order valence-corrected chi connectivity index (χ1v) is 7.14. The van der Waals surface area contributed by atoms with E-state index >= 15 is 0 Å². The summed E-state index contributed by atoms with van der Waals surface area (Å²) < 4.78 is 14.2. The number of hydrogen-bond donors (Lipinski definition) is 1. The highest BCUT2D eigenvalue weighted by molar-refractivity contribution is 6.42. The van der Waals surface area contributed by atoms with Crippen LogP contribution in [0.3, 0.4) is 0 Å². The number of halogens is 3. The van der Waals surface area contributed by atoms with Gasteiger partial charge in [-0.3, -0.25) is 0 Å². The number of likely N-dealkylation sites (N-methyl/N-ethyl adjacent to an activating group) is 1. The van der Waals surface area contributed by atoms with E-state index in [-0.39, 0.29) is 11.9 Å². The summed E-state index contributed by atoms with van der Waals surface area (Å²) in [5.41, 5.74) is 2.33. The lowest BCUT2D eigenvalue weighted by molar-refractivity contribution is 0.530. The molecule has 0 aliphatic rings. The van der Waals surface area contributed by atoms with Crippen molar-refractivity contribution in [3.05, 3.63) is 69.0 Å². The van der Waals surface area contributed by atoms with Gasteiger partial charge in [0.2, 0.25) is 0 Å². The lowest BCUT2D eigenvalue weighted by atomic mass is 9.97. The van der Waals surface area contributed by atoms with Gasteiger partial charge in [-0.05, 0) is 43.7 Å². The first-order chi connectivity index (χ1) is 9.52. The van der Waals surface area contributed by atoms with Crippen LogP contribution >= 0.6 is 23.2 Å². The normalized spacial score (nSPS) is 12.4. The minimum Gasteiger partial charge on any atom is -0.313 e. The number of nitrogens with one attached hydrogen (secondary N) is 1. The number of benzene rings is 2. The van der Waals surface area contributed by atoms with E-state index in [1.807, 2.05) is 25.2 Å². The summed E-state index contributed by atoms with van der Waals surface area (Å²) in [6.07, 6.45) is 0.647. The molecule has 2 aromatic rings. The molecule has 2 aromatic carbocycles. The smallest absolute Gasteiger partial charge is 0.130 e. The molecule has 0 saturated heterocycles. The number of rotatable bonds is 4. The van der Waals surface area contributed by atoms with Crippen molar-refractivity contribution in [2.45, 2.75) is 19.4 Å². The van der Waals surface area contributed by atoms with Gasteiger partial charge in [-0.15, -0.1) is 0 Å². The molecule has 1 nitrogen and oxygen atoms in total. The molecule has 0 bridgehead atoms. The highest BCUT2D eigenvalue weighted by Crippen LogP contribution is 2.27. The van der Waals surface area contributed by atoms with Crippen LogP contribution in [-0.2, 0) is 6.42 Å². The van der Waals surface area contributed by atoms with Gasteiger partial charge in [0, 0.05) is 11.6 Å². The van der Waals surface area contributed by atoms with Crippen LogP contribution in [0, 0.1) is 12.7 Å². The lowest BCUT2D eigenvalue weighted by Gasteiger charge is -2.18. The highest BCUT2D eigenvalue weighted by atomic mass is 35.5. The molecule has 1 unspecified atom stereocenters. The lowest BCUT2D eigenvalue weighted by Crippen LogP contribution is -2.20. The first kappa shape index (κ1) is 15.3. The van der Waals surface area contributed by atoms with Gasteiger partial charge in [0.05, 0.1) is 10.0 Å². The van der Waals surface area contributed by atoms with Crippen LogP contribution < -0.4 is 5.32 Å². The Hall–Kier alpha value is -1.09. The quantitative estimate of drug-likeness (QED) is 0.843. The third-order valence-electron chi connectivity index (χ3n) is 3.37. The van der Waals surface area contributed by atoms with Crippen LogP contribution in [0.4, 0.5) is 4.39 Å². The molecule has 0 radical (unpaired) electrons. The van der Waals surface area contributed by atoms with Gasteiger partial charge in [0.25, 0.3) is 0 Å². The Morgan fingerprint density at radius 2 is 1.90 bits per heavy atom. The third kappa shape index (κ3) is 3.32. The second-order valence-electron chi connectivity index (χ2n) is 4.77. The van der Waals surface area contributed by atoms with E-state index in [0.717, 1.165) is 5.56 Å². The average Bonchev–Trinajstić information content (AvgIpc) is 2.43. The number of aryl methyl sites for hydroxylation is 1. The predicted octanol–water partition coefficient (Wildman–Crippen LogP) is 4.94. The van der Waals surface area contributed by atoms with Gasteiger partial charge in [-0.2, -0.15) is 0 Å². The molecule has 20 heavy (non-hydrogen) atoms. The molecule has 1 N–H and O–H groups in total. The van der Waals surface area contributed by atoms with E-state index < -0.39 is 0 Å². The zero-order valence-electron chi connectivity index (χ0n) is 11.4. The second kappa shape index (κ2) is 6.57. The largest absolute Gasteiger partial charge is 0.313 e. The molecule has 2 rings (SSSR count). The van der Waals surface area contributed by atoms with Crippen LogP contribution in [0.25, 0.3) is 0 Å². The SMILES string of the molecule is CNC(Cc1ccc(Cl)c(Cl)c1)c1cccc(C)c1F. The van der Waals surface area contributed by atoms with Crippen LogP contribution in [0.2, 0.25) is 10.0 Å². The van der Waals surface area contributed by atoms with Gasteiger partial charge in [-0.25, -0.2) is 4.39 Å². The summed E-state index contributed by atoms with van der Waals surface area (Å²) in [5.74, 6) is -0.160. The molecule has 0 amide bonds. The summed E-state index contributed by atoms with van der Waals surface area (Å²) in [7, 11) is 1.82. The van der Waals surface area contributed by atoms with Crippen LogP contribution in [0.15, 0.2) is 36.4 Å². The molecule has 4 heteroatoms. The molecule has 1 atom stereocenters. The Labute approximate surface area is 128 Å². The minimum absolute atomic E-state index is 0.104. The molecule has 0 heterocycles. The minimum atomic E-state index is -0.160. The second-order valence-corrected chi connectivity index (χ2v) is 5.59. The fourth-order valence-corrected chi connectivity index (χ4v) is 2.53. The molecular formula is C16H16Cl2FN. The summed E-state index contributed by atoms with van der Waals surface area (Å²) in [6, 6.07) is 10.8. The maximum Gasteiger partial charge on any atom is 0.130 e. The summed E-state index contributed by atoms with van der Waals surface area (Å²) in [6.45, 7) is 1.77. The first-order valence-electron chi connectivity index (χ1n) is 6.39. The third-order valence-corrected chi connectivity index (χ3v) is 4.11. The monoisotopic (exact) mass is 311 g/mol. The zero-order chi connectivity index (χ0) is 14.7. The molecule has 0 aliphatic carbocycles. The summed E-state index contributed by atoms with van der Waals surface area (Å²) >= 11 is 11.9. The van der Waals surface area contributed by atoms with Crippen molar-refractivity contribution in [2.75, 3.05) is 7.05 Å². The van der Waals surface area contributed by atoms with Gasteiger partial charge >= 0.3 is 0 Å². The van der Waals surface area contributed by atoms with Crippen molar-refractivity contribution in [1.29, 1.82) is 0 Å². The zero-order valence-corrected chi connectivity index (χ0v) is 12.9. The van der Waals surface area contributed by atoms with Crippen LogP contribution in [0.1, 0.15) is 22.7 Å². The average molecular weight is 312 g/mol. The maximum atomic E-state index is 14.2. The van der Waals surface area contributed by atoms with Crippen LogP contribution in [-0.4, -0.2) is 7.05 Å². The van der Waals surface area contributed by atoms with Crippen molar-refractivity contribution >= 4 is 23.2 Å². The topological polar surface area (TPSA) is 12.0 Å². The standard InChI is InChI=1S/C16H16Cl2FN/c1-10-4-3-5-12(16(10)19)15(20-2)9-11-6-7-13(17)14(18)8-11/h3-8,15,20H,9H2,1-2H3. The summed E-state index contributed by atoms with van der Waals surface area (Å²) in [4.78, 5) is 0. The fourth-order valence-electron chi connectivity index (χ4n) is 2.21. The highest BCUT2D eigenvalue weighted by Gasteiger charge is 2.16. The van der Waals surface area contributed by atoms with E-state index in [1.54, 1.807) is 25.1 Å². The van der Waals surface area contributed by atoms with Gasteiger partial charge in [-0.1, -0.05) is 47.5 Å². The van der Waals surface area contributed by atoms with Crippen molar-refractivity contribution in [1.82, 2.24) is 5.32 Å². The Bertz CT molecular complexity index is 613. The van der Waals surface area contributed by atoms with Crippen molar-refractivity contribution < 1.29 is 4.39 Å². The van der Waals surface area contributed by atoms with E-state index in [4.69, 9.17) is 23.2 Å². The summed E-state index contributed by atoms with van der Waals surface area (Å²) in [5, 5.41) is 4.20. The van der Waals surface area contributed by atoms with Gasteiger partial charge in [0.15, 0.2) is 0 Å². The number of hydrogen-bond acceptors (Lipinski definition) is 1. The maximum absolute atomic E-state index is 14.2. The molecule has 0 saturated carbocycles. The van der Waals surface area contributed by atoms with Gasteiger partial charge in [0.1, 0.15) is 5.82 Å². The molecular weight excluding hydrogens is 296 g/mol. The fraction of sp³-hybridized carbons (Fsp3) is 0.250. The van der Waals surface area contributed by atoms with E-state index in [1.165, 1.54) is 0 Å². The molecule has 0 aliphatic heterocycles. The van der Waals surface area contributed by atoms with Gasteiger partial charge < -0.3 is 5.32 Å². The van der Waals surface area contributed by atoms with Crippen molar-refractivity contribution in [3.8, 4) is 0 Å². The molecule has 0 fully saturated rings. The van der Waals surface area contributed by atoms with E-state index in [2.05, 4.69) is 5.32 Å². The molecule has 0 aromatic heterocycles. The van der Waals surface area contributed by atoms with Crippen molar-refractivity contribution in [2.24, 2.45) is 0 Å². The predicted molar refractivity (Wildman–Crippen MR) is 83.1 cm³/mol. The van der Waals surface area contributed by atoms with Crippen LogP contribution in [0.5, 0.6) is 0 Å². The molecule has 106 valence electrons. The van der Waals surface area contributed by atoms with E-state index in [9.17, 15) is 4.39 Å². The van der Waals surface area contributed by atoms with Crippen molar-refractivity contribution in [3.63, 3.8) is 0 Å².